The first-order valence-electron chi connectivity index (χ1n) is 30.4. The monoisotopic (exact) mass is 991 g/mol. The summed E-state index contributed by atoms with van der Waals surface area (Å²) in [6, 6.07) is 0. The van der Waals surface area contributed by atoms with Crippen molar-refractivity contribution in [3.05, 3.63) is 72.9 Å². The van der Waals surface area contributed by atoms with Crippen molar-refractivity contribution in [1.29, 1.82) is 0 Å². The molecule has 0 saturated heterocycles. The standard InChI is InChI=1S/C65H114O6/c1-4-7-10-13-16-19-22-25-28-30-32-34-37-40-43-46-49-52-55-58-64(67)70-61-62(60-69-63(66)57-54-51-48-45-42-39-36-27-24-21-18-15-12-9-6-3)71-65(68)59-56-53-50-47-44-41-38-35-33-31-29-26-23-20-17-14-11-8-5-2/h7,10,16,19,25-26,28-29,32,34,40,43,62H,4-6,8-9,11-15,17-18,20-24,27,30-31,33,35-39,41-42,44-61H2,1-3H3/b10-7+,19-16+,28-25+,29-26+,34-32+,43-40+/t62-/m1/s1. The van der Waals surface area contributed by atoms with E-state index >= 15 is 0 Å². The van der Waals surface area contributed by atoms with Gasteiger partial charge in [-0.25, -0.2) is 0 Å². The number of ether oxygens (including phenoxy) is 3. The molecule has 0 N–H and O–H groups in total. The minimum Gasteiger partial charge on any atom is -0.462 e. The average Bonchev–Trinajstić information content (AvgIpc) is 3.37. The minimum absolute atomic E-state index is 0.0840. The largest absolute Gasteiger partial charge is 0.462 e. The predicted molar refractivity (Wildman–Crippen MR) is 307 cm³/mol. The molecule has 0 spiro atoms. The van der Waals surface area contributed by atoms with E-state index in [4.69, 9.17) is 14.2 Å². The van der Waals surface area contributed by atoms with Crippen LogP contribution in [0.15, 0.2) is 72.9 Å². The molecule has 6 nitrogen and oxygen atoms in total. The number of carbonyl (C=O) groups excluding carboxylic acids is 3. The zero-order chi connectivity index (χ0) is 51.4. The van der Waals surface area contributed by atoms with Crippen molar-refractivity contribution in [3.63, 3.8) is 0 Å². The molecule has 410 valence electrons. The van der Waals surface area contributed by atoms with Crippen molar-refractivity contribution >= 4 is 17.9 Å². The van der Waals surface area contributed by atoms with E-state index in [9.17, 15) is 14.4 Å². The Hall–Kier alpha value is -3.15. The predicted octanol–water partition coefficient (Wildman–Crippen LogP) is 20.5. The molecule has 0 saturated carbocycles. The summed E-state index contributed by atoms with van der Waals surface area (Å²) >= 11 is 0. The maximum atomic E-state index is 12.9. The SMILES string of the molecule is CC/C=C/C/C=C/C/C=C/C/C=C/C/C=C/CCCCCC(=O)OC[C@@H](COC(=O)CCCCCCCCCCCCCCCCC)OC(=O)CCCCCCCCCCC/C=C/CCCCCCCC. The maximum absolute atomic E-state index is 12.9. The highest BCUT2D eigenvalue weighted by atomic mass is 16.6. The third-order valence-corrected chi connectivity index (χ3v) is 13.2. The van der Waals surface area contributed by atoms with E-state index in [2.05, 4.69) is 93.7 Å². The molecule has 0 aliphatic rings. The van der Waals surface area contributed by atoms with E-state index in [1.165, 1.54) is 167 Å². The Morgan fingerprint density at radius 1 is 0.296 bits per heavy atom. The number of allylic oxidation sites excluding steroid dienone is 12. The Morgan fingerprint density at radius 2 is 0.549 bits per heavy atom. The molecule has 0 radical (unpaired) electrons. The molecule has 0 amide bonds. The van der Waals surface area contributed by atoms with E-state index < -0.39 is 6.10 Å². The van der Waals surface area contributed by atoms with Gasteiger partial charge >= 0.3 is 17.9 Å². The molecule has 71 heavy (non-hydrogen) atoms. The molecule has 0 unspecified atom stereocenters. The van der Waals surface area contributed by atoms with Crippen LogP contribution in [0.1, 0.15) is 303 Å². The third-order valence-electron chi connectivity index (χ3n) is 13.2. The van der Waals surface area contributed by atoms with E-state index in [0.717, 1.165) is 96.3 Å². The van der Waals surface area contributed by atoms with Gasteiger partial charge in [0.1, 0.15) is 13.2 Å². The smallest absolute Gasteiger partial charge is 0.306 e. The fourth-order valence-corrected chi connectivity index (χ4v) is 8.64. The van der Waals surface area contributed by atoms with Crippen LogP contribution in [0.4, 0.5) is 0 Å². The van der Waals surface area contributed by atoms with Gasteiger partial charge in [-0.1, -0.05) is 267 Å². The Labute approximate surface area is 440 Å². The molecular formula is C65H114O6. The fraction of sp³-hybridized carbons (Fsp3) is 0.769. The first-order valence-corrected chi connectivity index (χ1v) is 30.4. The van der Waals surface area contributed by atoms with Gasteiger partial charge in [-0.2, -0.15) is 0 Å². The molecule has 0 rings (SSSR count). The number of esters is 3. The lowest BCUT2D eigenvalue weighted by atomic mass is 10.0. The van der Waals surface area contributed by atoms with Gasteiger partial charge in [0.15, 0.2) is 6.10 Å². The Bertz CT molecular complexity index is 1320. The lowest BCUT2D eigenvalue weighted by Gasteiger charge is -2.18. The summed E-state index contributed by atoms with van der Waals surface area (Å²) in [6.45, 7) is 6.53. The highest BCUT2D eigenvalue weighted by molar-refractivity contribution is 5.71. The van der Waals surface area contributed by atoms with E-state index in [1.54, 1.807) is 0 Å². The van der Waals surface area contributed by atoms with Gasteiger partial charge in [-0.15, -0.1) is 0 Å². The highest BCUT2D eigenvalue weighted by Crippen LogP contribution is 2.16. The Balaban J connectivity index is 4.42. The first kappa shape index (κ1) is 67.8. The van der Waals surface area contributed by atoms with Gasteiger partial charge in [0, 0.05) is 19.3 Å². The second-order valence-electron chi connectivity index (χ2n) is 20.2. The van der Waals surface area contributed by atoms with Gasteiger partial charge < -0.3 is 14.2 Å². The molecular weight excluding hydrogens is 877 g/mol. The van der Waals surface area contributed by atoms with E-state index in [0.29, 0.717) is 19.3 Å². The summed E-state index contributed by atoms with van der Waals surface area (Å²) in [6.07, 6.45) is 76.1. The van der Waals surface area contributed by atoms with Crippen LogP contribution in [0.3, 0.4) is 0 Å². The van der Waals surface area contributed by atoms with Gasteiger partial charge in [-0.05, 0) is 89.9 Å². The van der Waals surface area contributed by atoms with Crippen LogP contribution < -0.4 is 0 Å². The topological polar surface area (TPSA) is 78.9 Å². The maximum Gasteiger partial charge on any atom is 0.306 e. The highest BCUT2D eigenvalue weighted by Gasteiger charge is 2.19. The summed E-state index contributed by atoms with van der Waals surface area (Å²) in [4.78, 5) is 38.2. The van der Waals surface area contributed by atoms with Crippen LogP contribution in [0.5, 0.6) is 0 Å². The van der Waals surface area contributed by atoms with Crippen LogP contribution in [-0.2, 0) is 28.6 Å². The van der Waals surface area contributed by atoms with Gasteiger partial charge in [0.2, 0.25) is 0 Å². The average molecular weight is 992 g/mol. The number of hydrogen-bond acceptors (Lipinski definition) is 6. The first-order chi connectivity index (χ1) is 35.0. The van der Waals surface area contributed by atoms with Crippen molar-refractivity contribution in [1.82, 2.24) is 0 Å². The summed E-state index contributed by atoms with van der Waals surface area (Å²) in [5.74, 6) is -0.906. The lowest BCUT2D eigenvalue weighted by Crippen LogP contribution is -2.30. The Kier molecular flexibility index (Phi) is 56.8. The number of carbonyl (C=O) groups is 3. The van der Waals surface area contributed by atoms with Crippen molar-refractivity contribution in [2.45, 2.75) is 309 Å². The molecule has 0 heterocycles. The molecule has 1 atom stereocenters. The van der Waals surface area contributed by atoms with Crippen LogP contribution in [0.2, 0.25) is 0 Å². The number of rotatable bonds is 55. The zero-order valence-corrected chi connectivity index (χ0v) is 47.0. The fourth-order valence-electron chi connectivity index (χ4n) is 8.64. The summed E-state index contributed by atoms with van der Waals surface area (Å²) in [5, 5.41) is 0. The van der Waals surface area contributed by atoms with Gasteiger partial charge in [0.05, 0.1) is 0 Å². The summed E-state index contributed by atoms with van der Waals surface area (Å²) < 4.78 is 16.9. The second kappa shape index (κ2) is 59.4. The van der Waals surface area contributed by atoms with Crippen molar-refractivity contribution in [2.75, 3.05) is 13.2 Å². The van der Waals surface area contributed by atoms with Crippen LogP contribution >= 0.6 is 0 Å². The zero-order valence-electron chi connectivity index (χ0n) is 47.0. The summed E-state index contributed by atoms with van der Waals surface area (Å²) in [7, 11) is 0. The second-order valence-corrected chi connectivity index (χ2v) is 20.2. The number of unbranched alkanes of at least 4 members (excludes halogenated alkanes) is 32. The Morgan fingerprint density at radius 3 is 0.887 bits per heavy atom. The molecule has 0 fully saturated rings. The molecule has 0 bridgehead atoms. The third kappa shape index (κ3) is 57.6. The molecule has 6 heteroatoms. The van der Waals surface area contributed by atoms with Gasteiger partial charge in [-0.3, -0.25) is 14.4 Å². The molecule has 0 aliphatic carbocycles. The molecule has 0 aromatic heterocycles. The van der Waals surface area contributed by atoms with Crippen molar-refractivity contribution < 1.29 is 28.6 Å². The number of hydrogen-bond donors (Lipinski definition) is 0. The van der Waals surface area contributed by atoms with Crippen LogP contribution in [0, 0.1) is 0 Å². The summed E-state index contributed by atoms with van der Waals surface area (Å²) in [5.41, 5.74) is 0. The van der Waals surface area contributed by atoms with Crippen molar-refractivity contribution in [2.24, 2.45) is 0 Å². The molecule has 0 aliphatic heterocycles. The van der Waals surface area contributed by atoms with Crippen molar-refractivity contribution in [3.8, 4) is 0 Å². The molecule has 0 aromatic rings. The van der Waals surface area contributed by atoms with E-state index in [1.807, 2.05) is 0 Å². The van der Waals surface area contributed by atoms with E-state index in [-0.39, 0.29) is 31.1 Å². The lowest BCUT2D eigenvalue weighted by molar-refractivity contribution is -0.167. The van der Waals surface area contributed by atoms with Crippen LogP contribution in [0.25, 0.3) is 0 Å². The van der Waals surface area contributed by atoms with Gasteiger partial charge in [0.25, 0.3) is 0 Å². The minimum atomic E-state index is -0.789. The molecule has 0 aromatic carbocycles. The normalized spacial score (nSPS) is 12.5. The van der Waals surface area contributed by atoms with Crippen LogP contribution in [-0.4, -0.2) is 37.2 Å². The quantitative estimate of drug-likeness (QED) is 0.0261.